The number of nitrogens with one attached hydrogen (secondary N) is 3. The smallest absolute Gasteiger partial charge is 0.387 e. The number of piperazine rings is 1. The molecule has 1 aliphatic rings. The zero-order valence-electron chi connectivity index (χ0n) is 17.0. The fourth-order valence-electron chi connectivity index (χ4n) is 3.13. The highest BCUT2D eigenvalue weighted by atomic mass is 19.3. The molecule has 2 aromatic rings. The summed E-state index contributed by atoms with van der Waals surface area (Å²) in [6.07, 6.45) is 0. The first kappa shape index (κ1) is 22.1. The maximum atomic E-state index is 12.4. The molecule has 0 bridgehead atoms. The summed E-state index contributed by atoms with van der Waals surface area (Å²) in [4.78, 5) is 25.6. The van der Waals surface area contributed by atoms with Gasteiger partial charge in [0.05, 0.1) is 13.7 Å². The van der Waals surface area contributed by atoms with E-state index in [1.807, 2.05) is 29.2 Å². The number of carbonyl (C=O) groups is 2. The number of hydrogen-bond donors (Lipinski definition) is 3. The van der Waals surface area contributed by atoms with Crippen molar-refractivity contribution in [1.29, 1.82) is 0 Å². The highest BCUT2D eigenvalue weighted by Gasteiger charge is 2.16. The minimum Gasteiger partial charge on any atom is -0.493 e. The number of methoxy groups -OCH3 is 1. The molecule has 3 N–H and O–H groups in total. The molecule has 31 heavy (non-hydrogen) atoms. The maximum Gasteiger partial charge on any atom is 0.387 e. The van der Waals surface area contributed by atoms with Gasteiger partial charge in [-0.1, -0.05) is 18.2 Å². The number of halogens is 2. The number of carbonyl (C=O) groups excluding carboxylic acids is 2. The second-order valence-corrected chi connectivity index (χ2v) is 6.84. The molecule has 0 spiro atoms. The number of nitrogens with zero attached hydrogens (tertiary/aromatic N) is 1. The van der Waals surface area contributed by atoms with Crippen LogP contribution in [0.25, 0.3) is 0 Å². The summed E-state index contributed by atoms with van der Waals surface area (Å²) in [5, 5.41) is 8.25. The van der Waals surface area contributed by atoms with Crippen molar-refractivity contribution in [1.82, 2.24) is 16.0 Å². The third kappa shape index (κ3) is 6.46. The minimum atomic E-state index is -2.95. The number of amides is 3. The summed E-state index contributed by atoms with van der Waals surface area (Å²) in [6, 6.07) is 11.7. The molecule has 1 heterocycles. The SMILES string of the molecule is COc1cc(CNC(=O)NCc2ccc(N3CCNC(=O)C3)cc2)ccc1OC(F)F. The van der Waals surface area contributed by atoms with Crippen molar-refractivity contribution >= 4 is 17.6 Å². The molecule has 3 amide bonds. The Bertz CT molecular complexity index is 909. The molecule has 1 aliphatic heterocycles. The first-order chi connectivity index (χ1) is 14.9. The number of rotatable bonds is 8. The zero-order chi connectivity index (χ0) is 22.2. The largest absolute Gasteiger partial charge is 0.493 e. The fraction of sp³-hybridized carbons (Fsp3) is 0.333. The third-order valence-corrected chi connectivity index (χ3v) is 4.69. The Balaban J connectivity index is 1.46. The number of urea groups is 1. The Morgan fingerprint density at radius 1 is 1.10 bits per heavy atom. The minimum absolute atomic E-state index is 0.00229. The van der Waals surface area contributed by atoms with Gasteiger partial charge >= 0.3 is 12.6 Å². The Kier molecular flexibility index (Phi) is 7.47. The molecule has 0 atom stereocenters. The van der Waals surface area contributed by atoms with E-state index in [0.29, 0.717) is 25.2 Å². The predicted molar refractivity (Wildman–Crippen MR) is 110 cm³/mol. The van der Waals surface area contributed by atoms with E-state index in [2.05, 4.69) is 20.7 Å². The molecule has 1 saturated heterocycles. The van der Waals surface area contributed by atoms with Crippen LogP contribution in [0.3, 0.4) is 0 Å². The lowest BCUT2D eigenvalue weighted by Crippen LogP contribution is -2.47. The monoisotopic (exact) mass is 434 g/mol. The number of ether oxygens (including phenoxy) is 2. The highest BCUT2D eigenvalue weighted by molar-refractivity contribution is 5.82. The first-order valence-corrected chi connectivity index (χ1v) is 9.68. The number of benzene rings is 2. The fourth-order valence-corrected chi connectivity index (χ4v) is 3.13. The van der Waals surface area contributed by atoms with Crippen molar-refractivity contribution in [2.75, 3.05) is 31.6 Å². The van der Waals surface area contributed by atoms with Gasteiger partial charge in [0.2, 0.25) is 5.91 Å². The lowest BCUT2D eigenvalue weighted by Gasteiger charge is -2.28. The quantitative estimate of drug-likeness (QED) is 0.593. The lowest BCUT2D eigenvalue weighted by molar-refractivity contribution is -0.120. The third-order valence-electron chi connectivity index (χ3n) is 4.69. The number of hydrogen-bond acceptors (Lipinski definition) is 5. The molecule has 0 radical (unpaired) electrons. The van der Waals surface area contributed by atoms with Crippen LogP contribution in [0.5, 0.6) is 11.5 Å². The summed E-state index contributed by atoms with van der Waals surface area (Å²) < 4.78 is 34.2. The molecule has 166 valence electrons. The van der Waals surface area contributed by atoms with E-state index in [0.717, 1.165) is 17.8 Å². The number of anilines is 1. The Labute approximate surface area is 178 Å². The van der Waals surface area contributed by atoms with Gasteiger partial charge in [0, 0.05) is 31.9 Å². The van der Waals surface area contributed by atoms with Gasteiger partial charge in [-0.2, -0.15) is 8.78 Å². The summed E-state index contributed by atoms with van der Waals surface area (Å²) in [6.45, 7) is -0.719. The maximum absolute atomic E-state index is 12.4. The van der Waals surface area contributed by atoms with Gasteiger partial charge in [0.15, 0.2) is 11.5 Å². The van der Waals surface area contributed by atoms with Gasteiger partial charge < -0.3 is 30.3 Å². The number of alkyl halides is 2. The normalized spacial score (nSPS) is 13.5. The average Bonchev–Trinajstić information content (AvgIpc) is 2.77. The molecule has 10 heteroatoms. The second-order valence-electron chi connectivity index (χ2n) is 6.84. The van der Waals surface area contributed by atoms with Crippen LogP contribution in [0.2, 0.25) is 0 Å². The molecule has 3 rings (SSSR count). The van der Waals surface area contributed by atoms with Gasteiger partial charge in [-0.25, -0.2) is 4.79 Å². The Hall–Kier alpha value is -3.56. The second kappa shape index (κ2) is 10.5. The summed E-state index contributed by atoms with van der Waals surface area (Å²) >= 11 is 0. The van der Waals surface area contributed by atoms with Gasteiger partial charge in [-0.05, 0) is 35.4 Å². The molecular weight excluding hydrogens is 410 g/mol. The molecule has 0 unspecified atom stereocenters. The topological polar surface area (TPSA) is 91.9 Å². The van der Waals surface area contributed by atoms with Gasteiger partial charge in [0.25, 0.3) is 0 Å². The van der Waals surface area contributed by atoms with Crippen LogP contribution >= 0.6 is 0 Å². The van der Waals surface area contributed by atoms with E-state index in [9.17, 15) is 18.4 Å². The van der Waals surface area contributed by atoms with Crippen molar-refractivity contribution in [3.05, 3.63) is 53.6 Å². The van der Waals surface area contributed by atoms with Crippen LogP contribution < -0.4 is 30.3 Å². The van der Waals surface area contributed by atoms with E-state index >= 15 is 0 Å². The van der Waals surface area contributed by atoms with E-state index in [1.54, 1.807) is 6.07 Å². The highest BCUT2D eigenvalue weighted by Crippen LogP contribution is 2.29. The molecule has 8 nitrogen and oxygen atoms in total. The van der Waals surface area contributed by atoms with Crippen LogP contribution in [0.4, 0.5) is 19.3 Å². The van der Waals surface area contributed by atoms with Crippen molar-refractivity contribution in [3.63, 3.8) is 0 Å². The van der Waals surface area contributed by atoms with Crippen LogP contribution in [-0.4, -0.2) is 45.3 Å². The van der Waals surface area contributed by atoms with Gasteiger partial charge in [-0.15, -0.1) is 0 Å². The van der Waals surface area contributed by atoms with E-state index in [-0.39, 0.29) is 30.0 Å². The average molecular weight is 434 g/mol. The Morgan fingerprint density at radius 3 is 2.42 bits per heavy atom. The van der Waals surface area contributed by atoms with Crippen LogP contribution in [0.1, 0.15) is 11.1 Å². The van der Waals surface area contributed by atoms with Crippen LogP contribution in [0, 0.1) is 0 Å². The predicted octanol–water partition coefficient (Wildman–Crippen LogP) is 2.23. The lowest BCUT2D eigenvalue weighted by atomic mass is 10.2. The molecule has 0 aromatic heterocycles. The first-order valence-electron chi connectivity index (χ1n) is 9.68. The zero-order valence-corrected chi connectivity index (χ0v) is 17.0. The van der Waals surface area contributed by atoms with Crippen molar-refractivity contribution in [2.24, 2.45) is 0 Å². The summed E-state index contributed by atoms with van der Waals surface area (Å²) in [7, 11) is 1.35. The molecule has 0 saturated carbocycles. The summed E-state index contributed by atoms with van der Waals surface area (Å²) in [5.74, 6) is 0.0908. The van der Waals surface area contributed by atoms with Crippen LogP contribution in [0.15, 0.2) is 42.5 Å². The standard InChI is InChI=1S/C21H24F2N4O4/c1-30-18-10-15(4-7-17(18)31-20(22)23)12-26-21(29)25-11-14-2-5-16(6-3-14)27-9-8-24-19(28)13-27/h2-7,10,20H,8-9,11-13H2,1H3,(H,24,28)(H2,25,26,29). The molecular formula is C21H24F2N4O4. The van der Waals surface area contributed by atoms with Gasteiger partial charge in [0.1, 0.15) is 0 Å². The summed E-state index contributed by atoms with van der Waals surface area (Å²) in [5.41, 5.74) is 2.54. The van der Waals surface area contributed by atoms with Gasteiger partial charge in [-0.3, -0.25) is 4.79 Å². The Morgan fingerprint density at radius 2 is 1.77 bits per heavy atom. The van der Waals surface area contributed by atoms with E-state index in [1.165, 1.54) is 19.2 Å². The van der Waals surface area contributed by atoms with Crippen molar-refractivity contribution in [3.8, 4) is 11.5 Å². The van der Waals surface area contributed by atoms with Crippen molar-refractivity contribution in [2.45, 2.75) is 19.7 Å². The molecule has 2 aromatic carbocycles. The van der Waals surface area contributed by atoms with Crippen LogP contribution in [-0.2, 0) is 17.9 Å². The van der Waals surface area contributed by atoms with E-state index < -0.39 is 6.61 Å². The molecule has 0 aliphatic carbocycles. The molecule has 1 fully saturated rings. The van der Waals surface area contributed by atoms with Crippen molar-refractivity contribution < 1.29 is 27.8 Å². The van der Waals surface area contributed by atoms with E-state index in [4.69, 9.17) is 4.74 Å².